The van der Waals surface area contributed by atoms with Gasteiger partial charge < -0.3 is 11.5 Å². The van der Waals surface area contributed by atoms with Crippen molar-refractivity contribution in [2.45, 2.75) is 18.9 Å². The van der Waals surface area contributed by atoms with Gasteiger partial charge in [0.2, 0.25) is 5.91 Å². The smallest absolute Gasteiger partial charge is 0.219 e. The first-order chi connectivity index (χ1) is 6.02. The molecule has 0 saturated heterocycles. The normalized spacial score (nSPS) is 14.9. The van der Waals surface area contributed by atoms with Crippen molar-refractivity contribution in [2.24, 2.45) is 11.5 Å². The highest BCUT2D eigenvalue weighted by atomic mass is 16.1. The first-order valence-electron chi connectivity index (χ1n) is 3.86. The maximum absolute atomic E-state index is 10.7. The molecule has 5 heteroatoms. The van der Waals surface area contributed by atoms with Crippen molar-refractivity contribution < 1.29 is 4.79 Å². The van der Waals surface area contributed by atoms with Gasteiger partial charge in [0.05, 0.1) is 17.4 Å². The molecule has 1 atom stereocenters. The number of hydrogen-bond acceptors (Lipinski definition) is 4. The highest BCUT2D eigenvalue weighted by Crippen LogP contribution is 2.17. The van der Waals surface area contributed by atoms with Gasteiger partial charge in [-0.2, -0.15) is 0 Å². The monoisotopic (exact) mass is 180 g/mol. The van der Waals surface area contributed by atoms with Gasteiger partial charge in [-0.05, 0) is 6.92 Å². The van der Waals surface area contributed by atoms with Crippen LogP contribution in [-0.2, 0) is 10.3 Å². The topological polar surface area (TPSA) is 94.9 Å². The van der Waals surface area contributed by atoms with Crippen LogP contribution in [0.5, 0.6) is 0 Å². The number of amides is 1. The van der Waals surface area contributed by atoms with E-state index in [-0.39, 0.29) is 6.42 Å². The number of nitrogens with two attached hydrogens (primary N) is 2. The number of nitrogens with zero attached hydrogens (tertiary/aromatic N) is 2. The standard InChI is InChI=1S/C8H12N4O/c1-8(10,4-7(9)13)6-5-11-2-3-12-6/h2-3,5H,4,10H2,1H3,(H2,9,13). The lowest BCUT2D eigenvalue weighted by Crippen LogP contribution is -2.38. The summed E-state index contributed by atoms with van der Waals surface area (Å²) in [5, 5.41) is 0. The Morgan fingerprint density at radius 1 is 1.62 bits per heavy atom. The van der Waals surface area contributed by atoms with Crippen molar-refractivity contribution in [3.05, 3.63) is 24.3 Å². The van der Waals surface area contributed by atoms with Crippen molar-refractivity contribution >= 4 is 5.91 Å². The van der Waals surface area contributed by atoms with E-state index in [1.165, 1.54) is 12.4 Å². The SMILES string of the molecule is CC(N)(CC(N)=O)c1cnccn1. The lowest BCUT2D eigenvalue weighted by atomic mass is 9.95. The molecule has 0 aliphatic carbocycles. The summed E-state index contributed by atoms with van der Waals surface area (Å²) < 4.78 is 0. The zero-order valence-corrected chi connectivity index (χ0v) is 7.40. The number of carbonyl (C=O) groups excluding carboxylic acids is 1. The molecule has 0 aliphatic heterocycles. The van der Waals surface area contributed by atoms with Crippen molar-refractivity contribution in [3.63, 3.8) is 0 Å². The summed E-state index contributed by atoms with van der Waals surface area (Å²) in [4.78, 5) is 18.6. The summed E-state index contributed by atoms with van der Waals surface area (Å²) >= 11 is 0. The van der Waals surface area contributed by atoms with Gasteiger partial charge in [-0.15, -0.1) is 0 Å². The van der Waals surface area contributed by atoms with Gasteiger partial charge in [-0.25, -0.2) is 0 Å². The zero-order valence-electron chi connectivity index (χ0n) is 7.40. The van der Waals surface area contributed by atoms with Crippen LogP contribution < -0.4 is 11.5 Å². The predicted molar refractivity (Wildman–Crippen MR) is 47.4 cm³/mol. The molecule has 1 unspecified atom stereocenters. The predicted octanol–water partition coefficient (Wildman–Crippen LogP) is -0.474. The van der Waals surface area contributed by atoms with Gasteiger partial charge in [0.25, 0.3) is 0 Å². The van der Waals surface area contributed by atoms with E-state index >= 15 is 0 Å². The van der Waals surface area contributed by atoms with E-state index in [9.17, 15) is 4.79 Å². The highest BCUT2D eigenvalue weighted by molar-refractivity contribution is 5.75. The first-order valence-corrected chi connectivity index (χ1v) is 3.86. The third kappa shape index (κ3) is 2.48. The second kappa shape index (κ2) is 3.49. The number of carbonyl (C=O) groups is 1. The Morgan fingerprint density at radius 2 is 2.31 bits per heavy atom. The first kappa shape index (κ1) is 9.60. The van der Waals surface area contributed by atoms with Crippen LogP contribution in [0.2, 0.25) is 0 Å². The molecular formula is C8H12N4O. The fourth-order valence-electron chi connectivity index (χ4n) is 1.05. The number of hydrogen-bond donors (Lipinski definition) is 2. The van der Waals surface area contributed by atoms with Crippen LogP contribution in [0, 0.1) is 0 Å². The molecule has 0 radical (unpaired) electrons. The Labute approximate surface area is 76.2 Å². The highest BCUT2D eigenvalue weighted by Gasteiger charge is 2.25. The van der Waals surface area contributed by atoms with E-state index in [4.69, 9.17) is 11.5 Å². The molecule has 1 aromatic rings. The second-order valence-electron chi connectivity index (χ2n) is 3.15. The molecule has 1 heterocycles. The van der Waals surface area contributed by atoms with E-state index in [2.05, 4.69) is 9.97 Å². The van der Waals surface area contributed by atoms with Crippen LogP contribution in [0.15, 0.2) is 18.6 Å². The number of aromatic nitrogens is 2. The Bertz CT molecular complexity index is 296. The lowest BCUT2D eigenvalue weighted by molar-refractivity contribution is -0.119. The molecule has 1 aromatic heterocycles. The summed E-state index contributed by atoms with van der Waals surface area (Å²) in [6, 6.07) is 0. The Kier molecular flexibility index (Phi) is 2.57. The molecule has 0 bridgehead atoms. The molecule has 0 spiro atoms. The zero-order chi connectivity index (χ0) is 9.90. The van der Waals surface area contributed by atoms with Crippen molar-refractivity contribution in [1.82, 2.24) is 9.97 Å². The molecule has 0 fully saturated rings. The molecule has 13 heavy (non-hydrogen) atoms. The maximum Gasteiger partial charge on any atom is 0.219 e. The van der Waals surface area contributed by atoms with Crippen molar-refractivity contribution in [1.29, 1.82) is 0 Å². The van der Waals surface area contributed by atoms with Crippen LogP contribution in [0.25, 0.3) is 0 Å². The fraction of sp³-hybridized carbons (Fsp3) is 0.375. The van der Waals surface area contributed by atoms with Crippen molar-refractivity contribution in [2.75, 3.05) is 0 Å². The van der Waals surface area contributed by atoms with E-state index in [1.54, 1.807) is 13.1 Å². The quantitative estimate of drug-likeness (QED) is 0.657. The van der Waals surface area contributed by atoms with Crippen LogP contribution >= 0.6 is 0 Å². The molecule has 70 valence electrons. The van der Waals surface area contributed by atoms with Crippen molar-refractivity contribution in [3.8, 4) is 0 Å². The Balaban J connectivity index is 2.87. The summed E-state index contributed by atoms with van der Waals surface area (Å²) in [6.45, 7) is 1.70. The van der Waals surface area contributed by atoms with Crippen LogP contribution in [0.1, 0.15) is 19.0 Å². The summed E-state index contributed by atoms with van der Waals surface area (Å²) in [6.07, 6.45) is 4.67. The largest absolute Gasteiger partial charge is 0.370 e. The Hall–Kier alpha value is -1.49. The van der Waals surface area contributed by atoms with Gasteiger partial charge in [0.1, 0.15) is 0 Å². The molecular weight excluding hydrogens is 168 g/mol. The van der Waals surface area contributed by atoms with Gasteiger partial charge in [0.15, 0.2) is 0 Å². The van der Waals surface area contributed by atoms with Crippen LogP contribution in [0.4, 0.5) is 0 Å². The molecule has 0 aromatic carbocycles. The van der Waals surface area contributed by atoms with E-state index < -0.39 is 11.4 Å². The summed E-state index contributed by atoms with van der Waals surface area (Å²) in [5.41, 5.74) is 10.6. The molecule has 5 nitrogen and oxygen atoms in total. The summed E-state index contributed by atoms with van der Waals surface area (Å²) in [7, 11) is 0. The van der Waals surface area contributed by atoms with Gasteiger partial charge in [-0.3, -0.25) is 14.8 Å². The van der Waals surface area contributed by atoms with E-state index in [1.807, 2.05) is 0 Å². The van der Waals surface area contributed by atoms with Gasteiger partial charge >= 0.3 is 0 Å². The lowest BCUT2D eigenvalue weighted by Gasteiger charge is -2.21. The number of rotatable bonds is 3. The molecule has 4 N–H and O–H groups in total. The fourth-order valence-corrected chi connectivity index (χ4v) is 1.05. The van der Waals surface area contributed by atoms with E-state index in [0.29, 0.717) is 5.69 Å². The summed E-state index contributed by atoms with van der Waals surface area (Å²) in [5.74, 6) is -0.448. The minimum absolute atomic E-state index is 0.0612. The van der Waals surface area contributed by atoms with Gasteiger partial charge in [-0.1, -0.05) is 0 Å². The minimum Gasteiger partial charge on any atom is -0.370 e. The number of primary amides is 1. The molecule has 1 amide bonds. The third-order valence-corrected chi connectivity index (χ3v) is 1.69. The van der Waals surface area contributed by atoms with Crippen LogP contribution in [-0.4, -0.2) is 15.9 Å². The van der Waals surface area contributed by atoms with Crippen LogP contribution in [0.3, 0.4) is 0 Å². The third-order valence-electron chi connectivity index (χ3n) is 1.69. The van der Waals surface area contributed by atoms with Gasteiger partial charge in [0, 0.05) is 18.8 Å². The minimum atomic E-state index is -0.833. The maximum atomic E-state index is 10.7. The second-order valence-corrected chi connectivity index (χ2v) is 3.15. The average molecular weight is 180 g/mol. The average Bonchev–Trinajstić information content (AvgIpc) is 2.04. The molecule has 1 rings (SSSR count). The van der Waals surface area contributed by atoms with E-state index in [0.717, 1.165) is 0 Å². The molecule has 0 saturated carbocycles. The molecule has 0 aliphatic rings. The Morgan fingerprint density at radius 3 is 2.77 bits per heavy atom.